The van der Waals surface area contributed by atoms with E-state index >= 15 is 0 Å². The molecule has 0 unspecified atom stereocenters. The Kier molecular flexibility index (Phi) is 4.56. The molecule has 1 saturated carbocycles. The van der Waals surface area contributed by atoms with E-state index < -0.39 is 11.4 Å². The fourth-order valence-electron chi connectivity index (χ4n) is 2.56. The maximum absolute atomic E-state index is 12.6. The first-order valence-electron chi connectivity index (χ1n) is 8.12. The summed E-state index contributed by atoms with van der Waals surface area (Å²) in [6.07, 6.45) is 1.91. The minimum Gasteiger partial charge on any atom is -0.460 e. The number of hydrogen-bond acceptors (Lipinski definition) is 3. The van der Waals surface area contributed by atoms with Crippen molar-refractivity contribution in [3.8, 4) is 0 Å². The van der Waals surface area contributed by atoms with E-state index in [1.807, 2.05) is 30.3 Å². The third kappa shape index (κ3) is 3.74. The topological polar surface area (TPSA) is 55.4 Å². The van der Waals surface area contributed by atoms with Gasteiger partial charge in [-0.05, 0) is 37.7 Å². The molecule has 0 spiro atoms. The van der Waals surface area contributed by atoms with E-state index in [9.17, 15) is 9.59 Å². The third-order valence-corrected chi connectivity index (χ3v) is 4.83. The van der Waals surface area contributed by atoms with Crippen molar-refractivity contribution < 1.29 is 14.3 Å². The van der Waals surface area contributed by atoms with Crippen molar-refractivity contribution in [3.05, 3.63) is 35.9 Å². The second-order valence-corrected chi connectivity index (χ2v) is 7.97. The zero-order chi connectivity index (χ0) is 17.3. The van der Waals surface area contributed by atoms with Crippen LogP contribution in [0.4, 0.5) is 0 Å². The Hall–Kier alpha value is -1.84. The Morgan fingerprint density at radius 1 is 1.09 bits per heavy atom. The van der Waals surface area contributed by atoms with Crippen LogP contribution in [0.2, 0.25) is 0 Å². The normalized spacial score (nSPS) is 16.6. The summed E-state index contributed by atoms with van der Waals surface area (Å²) in [4.78, 5) is 25.0. The second-order valence-electron chi connectivity index (χ2n) is 7.97. The van der Waals surface area contributed by atoms with Gasteiger partial charge in [-0.2, -0.15) is 0 Å². The number of hydrogen-bond donors (Lipinski definition) is 1. The highest BCUT2D eigenvalue weighted by Gasteiger charge is 2.55. The summed E-state index contributed by atoms with van der Waals surface area (Å²) < 4.78 is 5.33. The SMILES string of the molecule is CC(C)(C(=O)NC1(C(C)(C)C)CC1)C(=O)OCc1ccccc1. The molecule has 2 rings (SSSR count). The average Bonchev–Trinajstić information content (AvgIpc) is 3.26. The van der Waals surface area contributed by atoms with Crippen molar-refractivity contribution in [1.82, 2.24) is 5.32 Å². The van der Waals surface area contributed by atoms with Gasteiger partial charge in [-0.1, -0.05) is 51.1 Å². The van der Waals surface area contributed by atoms with Gasteiger partial charge in [0.1, 0.15) is 12.0 Å². The molecule has 0 aliphatic heterocycles. The third-order valence-electron chi connectivity index (χ3n) is 4.83. The molecular formula is C19H27NO3. The van der Waals surface area contributed by atoms with Crippen LogP contribution in [0, 0.1) is 10.8 Å². The van der Waals surface area contributed by atoms with E-state index in [4.69, 9.17) is 4.74 Å². The van der Waals surface area contributed by atoms with E-state index in [0.29, 0.717) is 0 Å². The van der Waals surface area contributed by atoms with Crippen LogP contribution >= 0.6 is 0 Å². The first-order chi connectivity index (χ1) is 10.6. The number of nitrogens with one attached hydrogen (secondary N) is 1. The van der Waals surface area contributed by atoms with Gasteiger partial charge in [0.25, 0.3) is 0 Å². The predicted octanol–water partition coefficient (Wildman–Crippen LogP) is 3.45. The van der Waals surface area contributed by atoms with Crippen molar-refractivity contribution in [2.24, 2.45) is 10.8 Å². The quantitative estimate of drug-likeness (QED) is 0.668. The summed E-state index contributed by atoms with van der Waals surface area (Å²) in [6, 6.07) is 9.46. The van der Waals surface area contributed by atoms with Gasteiger partial charge in [0, 0.05) is 5.54 Å². The van der Waals surface area contributed by atoms with Gasteiger partial charge in [0.2, 0.25) is 5.91 Å². The summed E-state index contributed by atoms with van der Waals surface area (Å²) in [5, 5.41) is 3.09. The number of carbonyl (C=O) groups excluding carboxylic acids is 2. The predicted molar refractivity (Wildman–Crippen MR) is 89.6 cm³/mol. The molecule has 4 nitrogen and oxygen atoms in total. The molecule has 1 aromatic carbocycles. The van der Waals surface area contributed by atoms with Gasteiger partial charge in [-0.3, -0.25) is 9.59 Å². The molecule has 0 bridgehead atoms. The number of rotatable bonds is 5. The van der Waals surface area contributed by atoms with E-state index in [1.54, 1.807) is 13.8 Å². The van der Waals surface area contributed by atoms with Gasteiger partial charge in [-0.25, -0.2) is 0 Å². The number of esters is 1. The van der Waals surface area contributed by atoms with Crippen LogP contribution in [0.25, 0.3) is 0 Å². The lowest BCUT2D eigenvalue weighted by molar-refractivity contribution is -0.160. The van der Waals surface area contributed by atoms with E-state index in [0.717, 1.165) is 18.4 Å². The molecule has 1 fully saturated rings. The molecule has 1 N–H and O–H groups in total. The van der Waals surface area contributed by atoms with E-state index in [-0.39, 0.29) is 23.5 Å². The molecule has 0 radical (unpaired) electrons. The zero-order valence-electron chi connectivity index (χ0n) is 14.7. The van der Waals surface area contributed by atoms with Crippen LogP contribution in [-0.2, 0) is 20.9 Å². The van der Waals surface area contributed by atoms with Crippen molar-refractivity contribution in [1.29, 1.82) is 0 Å². The van der Waals surface area contributed by atoms with Gasteiger partial charge in [-0.15, -0.1) is 0 Å². The van der Waals surface area contributed by atoms with Crippen molar-refractivity contribution in [2.45, 2.75) is 59.6 Å². The zero-order valence-corrected chi connectivity index (χ0v) is 14.7. The Morgan fingerprint density at radius 3 is 2.13 bits per heavy atom. The lowest BCUT2D eigenvalue weighted by Gasteiger charge is -2.34. The van der Waals surface area contributed by atoms with Crippen LogP contribution in [0.15, 0.2) is 30.3 Å². The lowest BCUT2D eigenvalue weighted by atomic mass is 9.82. The summed E-state index contributed by atoms with van der Waals surface area (Å²) in [5.41, 5.74) is -0.506. The number of carbonyl (C=O) groups is 2. The van der Waals surface area contributed by atoms with Crippen LogP contribution < -0.4 is 5.32 Å². The molecule has 0 heterocycles. The van der Waals surface area contributed by atoms with E-state index in [2.05, 4.69) is 26.1 Å². The lowest BCUT2D eigenvalue weighted by Crippen LogP contribution is -2.52. The number of benzene rings is 1. The first kappa shape index (κ1) is 17.5. The minimum absolute atomic E-state index is 0.0211. The molecule has 0 aromatic heterocycles. The number of amides is 1. The maximum atomic E-state index is 12.6. The molecular weight excluding hydrogens is 290 g/mol. The Labute approximate surface area is 138 Å². The summed E-state index contributed by atoms with van der Waals surface area (Å²) in [6.45, 7) is 9.76. The highest BCUT2D eigenvalue weighted by atomic mass is 16.5. The highest BCUT2D eigenvalue weighted by molar-refractivity contribution is 6.02. The average molecular weight is 317 g/mol. The van der Waals surface area contributed by atoms with Crippen molar-refractivity contribution in [3.63, 3.8) is 0 Å². The molecule has 4 heteroatoms. The second kappa shape index (κ2) is 5.99. The summed E-state index contributed by atoms with van der Waals surface area (Å²) in [5.74, 6) is -0.758. The van der Waals surface area contributed by atoms with Gasteiger partial charge < -0.3 is 10.1 Å². The summed E-state index contributed by atoms with van der Waals surface area (Å²) >= 11 is 0. The van der Waals surface area contributed by atoms with Crippen molar-refractivity contribution >= 4 is 11.9 Å². The molecule has 0 saturated heterocycles. The number of ether oxygens (including phenoxy) is 1. The fraction of sp³-hybridized carbons (Fsp3) is 0.579. The molecule has 1 amide bonds. The molecule has 1 aliphatic rings. The molecule has 23 heavy (non-hydrogen) atoms. The minimum atomic E-state index is -1.20. The Balaban J connectivity index is 1.97. The van der Waals surface area contributed by atoms with Gasteiger partial charge >= 0.3 is 5.97 Å². The Morgan fingerprint density at radius 2 is 1.65 bits per heavy atom. The van der Waals surface area contributed by atoms with E-state index in [1.165, 1.54) is 0 Å². The standard InChI is InChI=1S/C19H27NO3/c1-17(2,3)19(11-12-19)20-15(21)18(4,5)16(22)23-13-14-9-7-6-8-10-14/h6-10H,11-13H2,1-5H3,(H,20,21). The Bertz CT molecular complexity index is 580. The van der Waals surface area contributed by atoms with Crippen molar-refractivity contribution in [2.75, 3.05) is 0 Å². The molecule has 1 aliphatic carbocycles. The molecule has 1 aromatic rings. The van der Waals surface area contributed by atoms with Crippen LogP contribution in [0.1, 0.15) is 53.0 Å². The summed E-state index contributed by atoms with van der Waals surface area (Å²) in [7, 11) is 0. The van der Waals surface area contributed by atoms with Gasteiger partial charge in [0.05, 0.1) is 0 Å². The monoisotopic (exact) mass is 317 g/mol. The van der Waals surface area contributed by atoms with Crippen LogP contribution in [0.5, 0.6) is 0 Å². The molecule has 0 atom stereocenters. The molecule has 126 valence electrons. The maximum Gasteiger partial charge on any atom is 0.321 e. The highest BCUT2D eigenvalue weighted by Crippen LogP contribution is 2.50. The first-order valence-corrected chi connectivity index (χ1v) is 8.12. The van der Waals surface area contributed by atoms with Gasteiger partial charge in [0.15, 0.2) is 0 Å². The van der Waals surface area contributed by atoms with Crippen LogP contribution in [-0.4, -0.2) is 17.4 Å². The fourth-order valence-corrected chi connectivity index (χ4v) is 2.56. The smallest absolute Gasteiger partial charge is 0.321 e. The van der Waals surface area contributed by atoms with Crippen LogP contribution in [0.3, 0.4) is 0 Å². The largest absolute Gasteiger partial charge is 0.460 e.